The highest BCUT2D eigenvalue weighted by atomic mass is 19.1. The van der Waals surface area contributed by atoms with E-state index >= 15 is 0 Å². The Hall–Kier alpha value is -1.65. The van der Waals surface area contributed by atoms with Crippen molar-refractivity contribution in [2.75, 3.05) is 26.9 Å². The standard InChI is InChI=1S/C19H25FO3/c1-3-4-11-22-17-9-10-18(19(20)14-17)15-5-7-16(8-6-15)23-13-12-21-2/h5-7,9-10,14,16H,3-4,8,11-13H2,1-2H3. The van der Waals surface area contributed by atoms with E-state index < -0.39 is 0 Å². The molecule has 1 aliphatic carbocycles. The highest BCUT2D eigenvalue weighted by Gasteiger charge is 2.13. The molecule has 3 nitrogen and oxygen atoms in total. The van der Waals surface area contributed by atoms with Crippen molar-refractivity contribution in [1.29, 1.82) is 0 Å². The average Bonchev–Trinajstić information content (AvgIpc) is 2.56. The lowest BCUT2D eigenvalue weighted by Crippen LogP contribution is -2.14. The number of halogens is 1. The third kappa shape index (κ3) is 5.48. The Morgan fingerprint density at radius 2 is 2.09 bits per heavy atom. The normalized spacial score (nSPS) is 17.2. The van der Waals surface area contributed by atoms with E-state index in [4.69, 9.17) is 14.2 Å². The van der Waals surface area contributed by atoms with Crippen molar-refractivity contribution < 1.29 is 18.6 Å². The van der Waals surface area contributed by atoms with E-state index in [-0.39, 0.29) is 11.9 Å². The van der Waals surface area contributed by atoms with E-state index in [1.807, 2.05) is 24.3 Å². The van der Waals surface area contributed by atoms with Crippen LogP contribution in [0.1, 0.15) is 31.7 Å². The first-order valence-corrected chi connectivity index (χ1v) is 8.16. The SMILES string of the molecule is CCCCOc1ccc(C2=CCC(OCCOC)C=C2)c(F)c1. The Labute approximate surface area is 137 Å². The maximum absolute atomic E-state index is 14.3. The van der Waals surface area contributed by atoms with Gasteiger partial charge in [-0.05, 0) is 30.5 Å². The topological polar surface area (TPSA) is 27.7 Å². The Kier molecular flexibility index (Phi) is 7.30. The first-order chi connectivity index (χ1) is 11.2. The van der Waals surface area contributed by atoms with Crippen LogP contribution in [0.15, 0.2) is 36.4 Å². The summed E-state index contributed by atoms with van der Waals surface area (Å²) in [7, 11) is 1.65. The summed E-state index contributed by atoms with van der Waals surface area (Å²) in [4.78, 5) is 0. The molecule has 1 aromatic rings. The molecule has 2 rings (SSSR count). The third-order valence-electron chi connectivity index (χ3n) is 3.70. The molecule has 0 fully saturated rings. The molecule has 0 aromatic heterocycles. The quantitative estimate of drug-likeness (QED) is 0.632. The molecule has 0 heterocycles. The van der Waals surface area contributed by atoms with Crippen LogP contribution in [0.25, 0.3) is 5.57 Å². The summed E-state index contributed by atoms with van der Waals surface area (Å²) in [6, 6.07) is 5.06. The van der Waals surface area contributed by atoms with Crippen LogP contribution in [-0.2, 0) is 9.47 Å². The molecular formula is C19H25FO3. The molecule has 0 saturated heterocycles. The first kappa shape index (κ1) is 17.7. The number of ether oxygens (including phenoxy) is 3. The lowest BCUT2D eigenvalue weighted by Gasteiger charge is -2.17. The second-order valence-corrected chi connectivity index (χ2v) is 5.50. The van der Waals surface area contributed by atoms with Gasteiger partial charge in [0, 0.05) is 18.7 Å². The van der Waals surface area contributed by atoms with Crippen LogP contribution in [0.5, 0.6) is 5.75 Å². The zero-order valence-electron chi connectivity index (χ0n) is 13.9. The maximum atomic E-state index is 14.3. The molecule has 0 saturated carbocycles. The molecule has 1 atom stereocenters. The monoisotopic (exact) mass is 320 g/mol. The number of methoxy groups -OCH3 is 1. The Balaban J connectivity index is 1.93. The van der Waals surface area contributed by atoms with Crippen molar-refractivity contribution in [1.82, 2.24) is 0 Å². The van der Waals surface area contributed by atoms with E-state index in [0.717, 1.165) is 24.8 Å². The molecule has 4 heteroatoms. The van der Waals surface area contributed by atoms with Crippen molar-refractivity contribution in [2.45, 2.75) is 32.3 Å². The summed E-state index contributed by atoms with van der Waals surface area (Å²) < 4.78 is 30.4. The van der Waals surface area contributed by atoms with Gasteiger partial charge in [0.15, 0.2) is 0 Å². The minimum Gasteiger partial charge on any atom is -0.493 e. The zero-order chi connectivity index (χ0) is 16.5. The van der Waals surface area contributed by atoms with Crippen molar-refractivity contribution in [2.24, 2.45) is 0 Å². The third-order valence-corrected chi connectivity index (χ3v) is 3.70. The second-order valence-electron chi connectivity index (χ2n) is 5.50. The van der Waals surface area contributed by atoms with Crippen molar-refractivity contribution in [3.63, 3.8) is 0 Å². The molecule has 0 radical (unpaired) electrons. The molecule has 1 aromatic carbocycles. The Morgan fingerprint density at radius 3 is 2.74 bits per heavy atom. The molecule has 0 N–H and O–H groups in total. The number of unbranched alkanes of at least 4 members (excludes halogenated alkanes) is 1. The molecule has 0 bridgehead atoms. The van der Waals surface area contributed by atoms with Gasteiger partial charge in [0.05, 0.1) is 25.9 Å². The Morgan fingerprint density at radius 1 is 1.22 bits per heavy atom. The first-order valence-electron chi connectivity index (χ1n) is 8.16. The van der Waals surface area contributed by atoms with Crippen LogP contribution in [0.4, 0.5) is 4.39 Å². The lowest BCUT2D eigenvalue weighted by molar-refractivity contribution is 0.0406. The molecular weight excluding hydrogens is 295 g/mol. The van der Waals surface area contributed by atoms with E-state index in [0.29, 0.717) is 31.1 Å². The van der Waals surface area contributed by atoms with Gasteiger partial charge in [-0.2, -0.15) is 0 Å². The van der Waals surface area contributed by atoms with E-state index in [9.17, 15) is 4.39 Å². The van der Waals surface area contributed by atoms with Crippen LogP contribution in [-0.4, -0.2) is 33.0 Å². The fourth-order valence-corrected chi connectivity index (χ4v) is 2.36. The predicted molar refractivity (Wildman–Crippen MR) is 90.2 cm³/mol. The van der Waals surface area contributed by atoms with E-state index in [1.54, 1.807) is 13.2 Å². The number of rotatable bonds is 9. The predicted octanol–water partition coefficient (Wildman–Crippen LogP) is 4.38. The molecule has 23 heavy (non-hydrogen) atoms. The highest BCUT2D eigenvalue weighted by molar-refractivity contribution is 5.75. The van der Waals surface area contributed by atoms with Crippen LogP contribution in [0.3, 0.4) is 0 Å². The van der Waals surface area contributed by atoms with Gasteiger partial charge in [-0.25, -0.2) is 4.39 Å². The number of allylic oxidation sites excluding steroid dienone is 2. The van der Waals surface area contributed by atoms with E-state index in [1.165, 1.54) is 6.07 Å². The molecule has 0 aliphatic heterocycles. The summed E-state index contributed by atoms with van der Waals surface area (Å²) in [5.41, 5.74) is 1.48. The van der Waals surface area contributed by atoms with Crippen molar-refractivity contribution in [3.8, 4) is 5.75 Å². The molecule has 1 aliphatic rings. The van der Waals surface area contributed by atoms with Crippen LogP contribution >= 0.6 is 0 Å². The molecule has 0 amide bonds. The van der Waals surface area contributed by atoms with Crippen LogP contribution in [0, 0.1) is 5.82 Å². The van der Waals surface area contributed by atoms with Gasteiger partial charge in [0.2, 0.25) is 0 Å². The van der Waals surface area contributed by atoms with Crippen LogP contribution < -0.4 is 4.74 Å². The molecule has 1 unspecified atom stereocenters. The Bertz CT molecular complexity index is 552. The smallest absolute Gasteiger partial charge is 0.134 e. The minimum absolute atomic E-state index is 0.0358. The summed E-state index contributed by atoms with van der Waals surface area (Å²) in [6.45, 7) is 3.86. The summed E-state index contributed by atoms with van der Waals surface area (Å²) >= 11 is 0. The van der Waals surface area contributed by atoms with Gasteiger partial charge in [0.25, 0.3) is 0 Å². The largest absolute Gasteiger partial charge is 0.493 e. The van der Waals surface area contributed by atoms with Gasteiger partial charge in [0.1, 0.15) is 11.6 Å². The van der Waals surface area contributed by atoms with Crippen molar-refractivity contribution >= 4 is 5.57 Å². The van der Waals surface area contributed by atoms with Gasteiger partial charge >= 0.3 is 0 Å². The summed E-state index contributed by atoms with van der Waals surface area (Å²) in [6.07, 6.45) is 8.70. The molecule has 0 spiro atoms. The number of hydrogen-bond donors (Lipinski definition) is 0. The summed E-state index contributed by atoms with van der Waals surface area (Å²) in [5.74, 6) is 0.328. The van der Waals surface area contributed by atoms with Gasteiger partial charge in [-0.3, -0.25) is 0 Å². The highest BCUT2D eigenvalue weighted by Crippen LogP contribution is 2.27. The fourth-order valence-electron chi connectivity index (χ4n) is 2.36. The van der Waals surface area contributed by atoms with Gasteiger partial charge in [-0.15, -0.1) is 0 Å². The maximum Gasteiger partial charge on any atom is 0.134 e. The van der Waals surface area contributed by atoms with E-state index in [2.05, 4.69) is 6.92 Å². The summed E-state index contributed by atoms with van der Waals surface area (Å²) in [5, 5.41) is 0. The average molecular weight is 320 g/mol. The fraction of sp³-hybridized carbons (Fsp3) is 0.474. The zero-order valence-corrected chi connectivity index (χ0v) is 13.9. The minimum atomic E-state index is -0.256. The second kappa shape index (κ2) is 9.48. The van der Waals surface area contributed by atoms with Gasteiger partial charge in [-0.1, -0.05) is 31.6 Å². The van der Waals surface area contributed by atoms with Crippen LogP contribution in [0.2, 0.25) is 0 Å². The van der Waals surface area contributed by atoms with Crippen molar-refractivity contribution in [3.05, 3.63) is 47.8 Å². The number of hydrogen-bond acceptors (Lipinski definition) is 3. The molecule has 126 valence electrons. The lowest BCUT2D eigenvalue weighted by atomic mass is 9.98. The number of benzene rings is 1. The van der Waals surface area contributed by atoms with Gasteiger partial charge < -0.3 is 14.2 Å².